The van der Waals surface area contributed by atoms with E-state index in [2.05, 4.69) is 4.99 Å². The Morgan fingerprint density at radius 3 is 2.34 bits per heavy atom. The molecule has 154 valence electrons. The number of thiazole rings is 1. The summed E-state index contributed by atoms with van der Waals surface area (Å²) in [4.78, 5) is 17.7. The second-order valence-corrected chi connectivity index (χ2v) is 9.66. The molecule has 3 aromatic rings. The fourth-order valence-corrected chi connectivity index (χ4v) is 5.90. The SMILES string of the molecule is CCN(CC)S(=O)(=O)c1ccc(C(=O)N=c2sc3cc(Cl)ccc3n2CC)cc1. The average Bonchev–Trinajstić information content (AvgIpc) is 3.04. The number of nitrogens with zero attached hydrogens (tertiary/aromatic N) is 3. The maximum atomic E-state index is 12.7. The molecular weight excluding hydrogens is 430 g/mol. The van der Waals surface area contributed by atoms with Gasteiger partial charge in [-0.05, 0) is 49.4 Å². The van der Waals surface area contributed by atoms with Gasteiger partial charge in [0.15, 0.2) is 4.80 Å². The first-order chi connectivity index (χ1) is 13.8. The highest BCUT2D eigenvalue weighted by Gasteiger charge is 2.21. The lowest BCUT2D eigenvalue weighted by molar-refractivity contribution is 0.0997. The molecule has 0 bridgehead atoms. The molecule has 6 nitrogen and oxygen atoms in total. The standard InChI is InChI=1S/C20H22ClN3O3S2/c1-4-23(5-2)29(26,27)16-10-7-14(8-11-16)19(25)22-20-24(6-3)17-12-9-15(21)13-18(17)28-20/h7-13H,4-6H2,1-3H3. The van der Waals surface area contributed by atoms with Gasteiger partial charge in [0.25, 0.3) is 5.91 Å². The molecule has 0 saturated carbocycles. The minimum Gasteiger partial charge on any atom is -0.317 e. The number of benzene rings is 2. The van der Waals surface area contributed by atoms with Crippen LogP contribution in [0.3, 0.4) is 0 Å². The second-order valence-electron chi connectivity index (χ2n) is 6.27. The van der Waals surface area contributed by atoms with Gasteiger partial charge in [-0.25, -0.2) is 8.42 Å². The quantitative estimate of drug-likeness (QED) is 0.565. The molecule has 0 saturated heterocycles. The van der Waals surface area contributed by atoms with Gasteiger partial charge in [0.2, 0.25) is 10.0 Å². The van der Waals surface area contributed by atoms with Gasteiger partial charge in [-0.2, -0.15) is 9.30 Å². The fraction of sp³-hybridized carbons (Fsp3) is 0.300. The van der Waals surface area contributed by atoms with Gasteiger partial charge in [-0.1, -0.05) is 36.8 Å². The molecule has 29 heavy (non-hydrogen) atoms. The Morgan fingerprint density at radius 2 is 1.76 bits per heavy atom. The number of hydrogen-bond donors (Lipinski definition) is 0. The lowest BCUT2D eigenvalue weighted by Crippen LogP contribution is -2.30. The fourth-order valence-electron chi connectivity index (χ4n) is 3.07. The molecule has 0 aliphatic carbocycles. The molecule has 0 aliphatic rings. The van der Waals surface area contributed by atoms with Crippen molar-refractivity contribution < 1.29 is 13.2 Å². The van der Waals surface area contributed by atoms with E-state index in [1.807, 2.05) is 29.7 Å². The van der Waals surface area contributed by atoms with Crippen molar-refractivity contribution in [1.29, 1.82) is 0 Å². The van der Waals surface area contributed by atoms with E-state index in [0.717, 1.165) is 10.2 Å². The van der Waals surface area contributed by atoms with Gasteiger partial charge in [0, 0.05) is 30.2 Å². The summed E-state index contributed by atoms with van der Waals surface area (Å²) in [6, 6.07) is 11.5. The van der Waals surface area contributed by atoms with E-state index in [9.17, 15) is 13.2 Å². The summed E-state index contributed by atoms with van der Waals surface area (Å²) in [5.41, 5.74) is 1.30. The molecule has 2 aromatic carbocycles. The Balaban J connectivity index is 1.97. The molecule has 1 aromatic heterocycles. The number of carbonyl (C=O) groups is 1. The van der Waals surface area contributed by atoms with E-state index in [-0.39, 0.29) is 4.90 Å². The van der Waals surface area contributed by atoms with E-state index in [0.29, 0.717) is 35.0 Å². The average molecular weight is 452 g/mol. The molecule has 9 heteroatoms. The Kier molecular flexibility index (Phi) is 6.58. The molecule has 0 N–H and O–H groups in total. The molecule has 0 radical (unpaired) electrons. The van der Waals surface area contributed by atoms with Gasteiger partial charge in [0.05, 0.1) is 15.1 Å². The summed E-state index contributed by atoms with van der Waals surface area (Å²) in [6.07, 6.45) is 0. The summed E-state index contributed by atoms with van der Waals surface area (Å²) < 4.78 is 29.4. The van der Waals surface area contributed by atoms with Crippen LogP contribution >= 0.6 is 22.9 Å². The maximum Gasteiger partial charge on any atom is 0.279 e. The number of aromatic nitrogens is 1. The third-order valence-electron chi connectivity index (χ3n) is 4.60. The molecule has 1 heterocycles. The highest BCUT2D eigenvalue weighted by molar-refractivity contribution is 7.89. The summed E-state index contributed by atoms with van der Waals surface area (Å²) in [7, 11) is -3.56. The predicted molar refractivity (Wildman–Crippen MR) is 117 cm³/mol. The van der Waals surface area contributed by atoms with E-state index < -0.39 is 15.9 Å². The van der Waals surface area contributed by atoms with Crippen molar-refractivity contribution in [3.8, 4) is 0 Å². The third-order valence-corrected chi connectivity index (χ3v) is 7.94. The van der Waals surface area contributed by atoms with E-state index in [1.54, 1.807) is 13.8 Å². The Labute approximate surface area is 179 Å². The van der Waals surface area contributed by atoms with Gasteiger partial charge in [-0.15, -0.1) is 0 Å². The van der Waals surface area contributed by atoms with Crippen LogP contribution in [-0.2, 0) is 16.6 Å². The molecule has 0 aliphatic heterocycles. The van der Waals surface area contributed by atoms with Crippen molar-refractivity contribution in [1.82, 2.24) is 8.87 Å². The second kappa shape index (κ2) is 8.79. The van der Waals surface area contributed by atoms with Crippen molar-refractivity contribution in [2.24, 2.45) is 4.99 Å². The Bertz CT molecular complexity index is 1210. The Hall–Kier alpha value is -2.00. The molecular formula is C20H22ClN3O3S2. The lowest BCUT2D eigenvalue weighted by Gasteiger charge is -2.18. The van der Waals surface area contributed by atoms with Crippen LogP contribution in [0.1, 0.15) is 31.1 Å². The summed E-state index contributed by atoms with van der Waals surface area (Å²) >= 11 is 7.46. The minimum absolute atomic E-state index is 0.165. The lowest BCUT2D eigenvalue weighted by atomic mass is 10.2. The van der Waals surface area contributed by atoms with Gasteiger partial charge in [-0.3, -0.25) is 4.79 Å². The van der Waals surface area contributed by atoms with E-state index >= 15 is 0 Å². The summed E-state index contributed by atoms with van der Waals surface area (Å²) in [5, 5.41) is 0.630. The van der Waals surface area contributed by atoms with Crippen molar-refractivity contribution in [2.45, 2.75) is 32.2 Å². The van der Waals surface area contributed by atoms with Crippen molar-refractivity contribution in [3.63, 3.8) is 0 Å². The van der Waals surface area contributed by atoms with Crippen molar-refractivity contribution in [3.05, 3.63) is 57.9 Å². The van der Waals surface area contributed by atoms with Gasteiger partial charge < -0.3 is 4.57 Å². The zero-order valence-electron chi connectivity index (χ0n) is 16.4. The molecule has 0 spiro atoms. The molecule has 0 atom stereocenters. The summed E-state index contributed by atoms with van der Waals surface area (Å²) in [5.74, 6) is -0.420. The van der Waals surface area contributed by atoms with Crippen LogP contribution < -0.4 is 4.80 Å². The number of rotatable bonds is 6. The zero-order valence-corrected chi connectivity index (χ0v) is 18.8. The predicted octanol–water partition coefficient (Wildman–Crippen LogP) is 4.15. The van der Waals surface area contributed by atoms with Crippen LogP contribution in [-0.4, -0.2) is 36.3 Å². The molecule has 1 amide bonds. The number of fused-ring (bicyclic) bond motifs is 1. The maximum absolute atomic E-state index is 12.7. The van der Waals surface area contributed by atoms with Crippen LogP contribution in [0.25, 0.3) is 10.2 Å². The molecule has 0 fully saturated rings. The topological polar surface area (TPSA) is 71.7 Å². The number of sulfonamides is 1. The van der Waals surface area contributed by atoms with Crippen LogP contribution in [0.15, 0.2) is 52.4 Å². The number of aryl methyl sites for hydroxylation is 1. The first kappa shape index (κ1) is 21.7. The van der Waals surface area contributed by atoms with Gasteiger partial charge >= 0.3 is 0 Å². The normalized spacial score (nSPS) is 12.8. The van der Waals surface area contributed by atoms with E-state index in [4.69, 9.17) is 11.6 Å². The number of hydrogen-bond acceptors (Lipinski definition) is 4. The molecule has 0 unspecified atom stereocenters. The van der Waals surface area contributed by atoms with E-state index in [1.165, 1.54) is 39.9 Å². The zero-order chi connectivity index (χ0) is 21.2. The molecule has 3 rings (SSSR count). The van der Waals surface area contributed by atoms with Crippen LogP contribution in [0.5, 0.6) is 0 Å². The number of amides is 1. The smallest absolute Gasteiger partial charge is 0.279 e. The van der Waals surface area contributed by atoms with Crippen LogP contribution in [0.4, 0.5) is 0 Å². The monoisotopic (exact) mass is 451 g/mol. The highest BCUT2D eigenvalue weighted by Crippen LogP contribution is 2.22. The van der Waals surface area contributed by atoms with Crippen LogP contribution in [0.2, 0.25) is 5.02 Å². The van der Waals surface area contributed by atoms with Crippen molar-refractivity contribution >= 4 is 49.1 Å². The van der Waals surface area contributed by atoms with Crippen molar-refractivity contribution in [2.75, 3.05) is 13.1 Å². The number of halogens is 1. The first-order valence-corrected chi connectivity index (χ1v) is 11.9. The summed E-state index contributed by atoms with van der Waals surface area (Å²) in [6.45, 7) is 7.01. The van der Waals surface area contributed by atoms with Gasteiger partial charge in [0.1, 0.15) is 0 Å². The third kappa shape index (κ3) is 4.30. The highest BCUT2D eigenvalue weighted by atomic mass is 35.5. The largest absolute Gasteiger partial charge is 0.317 e. The first-order valence-electron chi connectivity index (χ1n) is 9.30. The minimum atomic E-state index is -3.56. The Morgan fingerprint density at radius 1 is 1.10 bits per heavy atom. The van der Waals surface area contributed by atoms with Crippen LogP contribution in [0, 0.1) is 0 Å². The number of carbonyl (C=O) groups excluding carboxylic acids is 1.